The van der Waals surface area contributed by atoms with E-state index in [1.165, 1.54) is 0 Å². The van der Waals surface area contributed by atoms with Crippen LogP contribution in [-0.2, 0) is 11.2 Å². The van der Waals surface area contributed by atoms with Crippen molar-refractivity contribution in [3.8, 4) is 11.5 Å². The second-order valence-electron chi connectivity index (χ2n) is 5.27. The summed E-state index contributed by atoms with van der Waals surface area (Å²) in [7, 11) is 3.17. The van der Waals surface area contributed by atoms with Crippen LogP contribution < -0.4 is 15.2 Å². The van der Waals surface area contributed by atoms with Crippen molar-refractivity contribution >= 4 is 5.91 Å². The van der Waals surface area contributed by atoms with Crippen LogP contribution in [0, 0.1) is 0 Å². The monoisotopic (exact) mass is 264 g/mol. The molecule has 0 aromatic heterocycles. The highest BCUT2D eigenvalue weighted by molar-refractivity contribution is 5.80. The van der Waals surface area contributed by atoms with Crippen molar-refractivity contribution in [1.29, 1.82) is 0 Å². The van der Waals surface area contributed by atoms with E-state index < -0.39 is 0 Å². The van der Waals surface area contributed by atoms with Gasteiger partial charge >= 0.3 is 0 Å². The van der Waals surface area contributed by atoms with Gasteiger partial charge in [0, 0.05) is 18.6 Å². The Morgan fingerprint density at radius 1 is 1.32 bits per heavy atom. The average Bonchev–Trinajstić information content (AvgIpc) is 2.35. The van der Waals surface area contributed by atoms with Crippen LogP contribution in [-0.4, -0.2) is 43.7 Å². The molecule has 0 unspecified atom stereocenters. The van der Waals surface area contributed by atoms with Gasteiger partial charge in [0.2, 0.25) is 5.91 Å². The molecule has 1 aliphatic rings. The van der Waals surface area contributed by atoms with Gasteiger partial charge in [0.15, 0.2) is 11.5 Å². The Kier molecular flexibility index (Phi) is 3.66. The molecule has 0 aliphatic carbocycles. The highest BCUT2D eigenvalue weighted by Gasteiger charge is 2.37. The number of rotatable bonds is 4. The van der Waals surface area contributed by atoms with Gasteiger partial charge in [-0.2, -0.15) is 0 Å². The normalized spacial score (nSPS) is 16.7. The van der Waals surface area contributed by atoms with E-state index in [2.05, 4.69) is 0 Å². The van der Waals surface area contributed by atoms with E-state index in [-0.39, 0.29) is 11.4 Å². The molecular formula is C14H20N2O3. The quantitative estimate of drug-likeness (QED) is 0.874. The van der Waals surface area contributed by atoms with Crippen LogP contribution in [0.5, 0.6) is 11.5 Å². The van der Waals surface area contributed by atoms with E-state index in [0.29, 0.717) is 31.0 Å². The van der Waals surface area contributed by atoms with Crippen molar-refractivity contribution in [2.45, 2.75) is 18.9 Å². The van der Waals surface area contributed by atoms with Gasteiger partial charge in [0.1, 0.15) is 0 Å². The lowest BCUT2D eigenvalue weighted by atomic mass is 9.93. The summed E-state index contributed by atoms with van der Waals surface area (Å²) in [4.78, 5) is 13.8. The lowest BCUT2D eigenvalue weighted by Crippen LogP contribution is -2.67. The minimum Gasteiger partial charge on any atom is -0.493 e. The number of amides is 1. The number of methoxy groups -OCH3 is 2. The van der Waals surface area contributed by atoms with Crippen LogP contribution in [0.15, 0.2) is 18.2 Å². The third kappa shape index (κ3) is 2.98. The molecule has 19 heavy (non-hydrogen) atoms. The number of carbonyl (C=O) groups excluding carboxylic acids is 1. The molecule has 5 nitrogen and oxygen atoms in total. The topological polar surface area (TPSA) is 64.8 Å². The Hall–Kier alpha value is -1.75. The van der Waals surface area contributed by atoms with Crippen LogP contribution in [0.3, 0.4) is 0 Å². The van der Waals surface area contributed by atoms with E-state index in [1.54, 1.807) is 19.1 Å². The fraction of sp³-hybridized carbons (Fsp3) is 0.500. The van der Waals surface area contributed by atoms with Crippen molar-refractivity contribution in [3.05, 3.63) is 23.8 Å². The van der Waals surface area contributed by atoms with E-state index in [0.717, 1.165) is 5.56 Å². The van der Waals surface area contributed by atoms with Gasteiger partial charge in [0.05, 0.1) is 20.6 Å². The maximum absolute atomic E-state index is 12.0. The Morgan fingerprint density at radius 2 is 1.95 bits per heavy atom. The van der Waals surface area contributed by atoms with Crippen LogP contribution in [0.25, 0.3) is 0 Å². The van der Waals surface area contributed by atoms with E-state index >= 15 is 0 Å². The fourth-order valence-corrected chi connectivity index (χ4v) is 2.28. The predicted octanol–water partition coefficient (Wildman–Crippen LogP) is 0.806. The van der Waals surface area contributed by atoms with E-state index in [9.17, 15) is 4.79 Å². The number of carbonyl (C=O) groups is 1. The highest BCUT2D eigenvalue weighted by atomic mass is 16.5. The SMILES string of the molecule is COc1ccc(CC(=O)N2CC(C)(N)C2)cc1OC. The third-order valence-corrected chi connectivity index (χ3v) is 3.26. The van der Waals surface area contributed by atoms with Crippen molar-refractivity contribution in [1.82, 2.24) is 4.90 Å². The molecule has 0 atom stereocenters. The lowest BCUT2D eigenvalue weighted by Gasteiger charge is -2.45. The fourth-order valence-electron chi connectivity index (χ4n) is 2.28. The summed E-state index contributed by atoms with van der Waals surface area (Å²) in [5.74, 6) is 1.40. The van der Waals surface area contributed by atoms with Gasteiger partial charge in [-0.15, -0.1) is 0 Å². The van der Waals surface area contributed by atoms with Crippen molar-refractivity contribution < 1.29 is 14.3 Å². The Balaban J connectivity index is 2.01. The van der Waals surface area contributed by atoms with Gasteiger partial charge in [-0.3, -0.25) is 4.79 Å². The second-order valence-corrected chi connectivity index (χ2v) is 5.27. The zero-order chi connectivity index (χ0) is 14.0. The van der Waals surface area contributed by atoms with Crippen molar-refractivity contribution in [2.24, 2.45) is 5.73 Å². The summed E-state index contributed by atoms with van der Waals surface area (Å²) >= 11 is 0. The molecule has 1 aromatic rings. The first kappa shape index (κ1) is 13.7. The summed E-state index contributed by atoms with van der Waals surface area (Å²) in [6, 6.07) is 5.52. The summed E-state index contributed by atoms with van der Waals surface area (Å²) in [6.45, 7) is 3.20. The zero-order valence-electron chi connectivity index (χ0n) is 11.6. The summed E-state index contributed by atoms with van der Waals surface area (Å²) in [5.41, 5.74) is 6.58. The number of nitrogens with zero attached hydrogens (tertiary/aromatic N) is 1. The smallest absolute Gasteiger partial charge is 0.227 e. The molecule has 1 heterocycles. The first-order chi connectivity index (χ1) is 8.95. The maximum Gasteiger partial charge on any atom is 0.227 e. The molecule has 0 spiro atoms. The molecule has 2 rings (SSSR count). The van der Waals surface area contributed by atoms with Gasteiger partial charge in [-0.1, -0.05) is 6.07 Å². The highest BCUT2D eigenvalue weighted by Crippen LogP contribution is 2.28. The molecule has 1 aliphatic heterocycles. The Bertz CT molecular complexity index is 478. The summed E-state index contributed by atoms with van der Waals surface area (Å²) < 4.78 is 10.4. The van der Waals surface area contributed by atoms with Crippen LogP contribution >= 0.6 is 0 Å². The Labute approximate surface area is 113 Å². The van der Waals surface area contributed by atoms with Crippen molar-refractivity contribution in [3.63, 3.8) is 0 Å². The second kappa shape index (κ2) is 5.09. The number of nitrogens with two attached hydrogens (primary N) is 1. The number of hydrogen-bond donors (Lipinski definition) is 1. The molecule has 1 fully saturated rings. The minimum absolute atomic E-state index is 0.0927. The molecule has 0 radical (unpaired) electrons. The number of ether oxygens (including phenoxy) is 2. The van der Waals surface area contributed by atoms with Crippen molar-refractivity contribution in [2.75, 3.05) is 27.3 Å². The molecule has 0 bridgehead atoms. The maximum atomic E-state index is 12.0. The Morgan fingerprint density at radius 3 is 2.47 bits per heavy atom. The zero-order valence-corrected chi connectivity index (χ0v) is 11.6. The first-order valence-corrected chi connectivity index (χ1v) is 6.23. The van der Waals surface area contributed by atoms with Crippen LogP contribution in [0.2, 0.25) is 0 Å². The molecule has 2 N–H and O–H groups in total. The van der Waals surface area contributed by atoms with Crippen LogP contribution in [0.4, 0.5) is 0 Å². The molecule has 1 aromatic carbocycles. The molecule has 1 saturated heterocycles. The first-order valence-electron chi connectivity index (χ1n) is 6.23. The number of benzene rings is 1. The molecular weight excluding hydrogens is 244 g/mol. The van der Waals surface area contributed by atoms with Gasteiger partial charge in [-0.25, -0.2) is 0 Å². The molecule has 1 amide bonds. The predicted molar refractivity (Wildman–Crippen MR) is 72.4 cm³/mol. The molecule has 5 heteroatoms. The average molecular weight is 264 g/mol. The van der Waals surface area contributed by atoms with Crippen LogP contribution in [0.1, 0.15) is 12.5 Å². The minimum atomic E-state index is -0.229. The standard InChI is InChI=1S/C14H20N2O3/c1-14(15)8-16(9-14)13(17)7-10-4-5-11(18-2)12(6-10)19-3/h4-6H,7-9,15H2,1-3H3. The molecule has 0 saturated carbocycles. The largest absolute Gasteiger partial charge is 0.493 e. The number of hydrogen-bond acceptors (Lipinski definition) is 4. The lowest BCUT2D eigenvalue weighted by molar-refractivity contribution is -0.137. The van der Waals surface area contributed by atoms with Gasteiger partial charge < -0.3 is 20.1 Å². The third-order valence-electron chi connectivity index (χ3n) is 3.26. The summed E-state index contributed by atoms with van der Waals surface area (Å²) in [6.07, 6.45) is 0.358. The number of likely N-dealkylation sites (tertiary alicyclic amines) is 1. The molecule has 104 valence electrons. The van der Waals surface area contributed by atoms with E-state index in [1.807, 2.05) is 25.1 Å². The summed E-state index contributed by atoms with van der Waals surface area (Å²) in [5, 5.41) is 0. The van der Waals surface area contributed by atoms with Gasteiger partial charge in [-0.05, 0) is 24.6 Å². The van der Waals surface area contributed by atoms with Gasteiger partial charge in [0.25, 0.3) is 0 Å². The van der Waals surface area contributed by atoms with E-state index in [4.69, 9.17) is 15.2 Å².